The molecule has 0 N–H and O–H groups in total. The van der Waals surface area contributed by atoms with Gasteiger partial charge in [0.05, 0.1) is 0 Å². The molecule has 0 spiro atoms. The first-order valence-electron chi connectivity index (χ1n) is 6.09. The van der Waals surface area contributed by atoms with Gasteiger partial charge in [0.25, 0.3) is 0 Å². The lowest BCUT2D eigenvalue weighted by Crippen LogP contribution is -2.39. The van der Waals surface area contributed by atoms with Gasteiger partial charge in [0.1, 0.15) is 0 Å². The molecule has 88 valence electrons. The Morgan fingerprint density at radius 2 is 1.87 bits per heavy atom. The summed E-state index contributed by atoms with van der Waals surface area (Å²) in [6.45, 7) is 9.23. The average molecular weight is 210 g/mol. The van der Waals surface area contributed by atoms with E-state index in [1.807, 2.05) is 0 Å². The third kappa shape index (κ3) is 3.86. The van der Waals surface area contributed by atoms with E-state index in [2.05, 4.69) is 50.9 Å². The molecule has 0 radical (unpaired) electrons. The molecule has 1 saturated heterocycles. The van der Waals surface area contributed by atoms with Crippen molar-refractivity contribution in [1.29, 1.82) is 0 Å². The second-order valence-corrected chi connectivity index (χ2v) is 5.23. The quantitative estimate of drug-likeness (QED) is 0.706. The molecule has 0 saturated carbocycles. The van der Waals surface area contributed by atoms with E-state index in [9.17, 15) is 0 Å². The van der Waals surface area contributed by atoms with Gasteiger partial charge in [0.15, 0.2) is 0 Å². The van der Waals surface area contributed by atoms with E-state index in [4.69, 9.17) is 0 Å². The third-order valence-electron chi connectivity index (χ3n) is 3.58. The highest BCUT2D eigenvalue weighted by Gasteiger charge is 2.18. The van der Waals surface area contributed by atoms with Crippen molar-refractivity contribution in [3.05, 3.63) is 11.8 Å². The first-order chi connectivity index (χ1) is 7.00. The van der Waals surface area contributed by atoms with Crippen LogP contribution in [0.5, 0.6) is 0 Å². The Balaban J connectivity index is 2.47. The summed E-state index contributed by atoms with van der Waals surface area (Å²) >= 11 is 0. The van der Waals surface area contributed by atoms with Crippen molar-refractivity contribution in [2.45, 2.75) is 39.7 Å². The van der Waals surface area contributed by atoms with Crippen molar-refractivity contribution in [2.24, 2.45) is 5.92 Å². The van der Waals surface area contributed by atoms with Crippen LogP contribution in [-0.4, -0.2) is 43.0 Å². The Kier molecular flexibility index (Phi) is 4.65. The van der Waals surface area contributed by atoms with Gasteiger partial charge in [0, 0.05) is 13.1 Å². The van der Waals surface area contributed by atoms with E-state index in [1.54, 1.807) is 0 Å². The minimum atomic E-state index is 0.665. The summed E-state index contributed by atoms with van der Waals surface area (Å²) < 4.78 is 0. The Morgan fingerprint density at radius 1 is 1.33 bits per heavy atom. The van der Waals surface area contributed by atoms with Crippen LogP contribution in [-0.2, 0) is 0 Å². The summed E-state index contributed by atoms with van der Waals surface area (Å²) in [6.07, 6.45) is 4.93. The number of allylic oxidation sites excluding steroid dienone is 1. The smallest absolute Gasteiger partial charge is 0.0305 e. The maximum absolute atomic E-state index is 2.42. The van der Waals surface area contributed by atoms with Crippen LogP contribution in [0.4, 0.5) is 0 Å². The second kappa shape index (κ2) is 5.55. The van der Waals surface area contributed by atoms with Gasteiger partial charge in [-0.3, -0.25) is 0 Å². The van der Waals surface area contributed by atoms with Crippen LogP contribution in [0.3, 0.4) is 0 Å². The standard InChI is InChI=1S/C13H26N2/c1-11(2)12(3)10-15(5)13-6-8-14(4)9-7-13/h10-11,13H,6-9H2,1-5H3/b12-10+. The minimum absolute atomic E-state index is 0.665. The van der Waals surface area contributed by atoms with Crippen molar-refractivity contribution >= 4 is 0 Å². The first-order valence-corrected chi connectivity index (χ1v) is 6.09. The Hall–Kier alpha value is -0.500. The molecule has 2 nitrogen and oxygen atoms in total. The zero-order chi connectivity index (χ0) is 11.4. The molecule has 0 aromatic carbocycles. The van der Waals surface area contributed by atoms with Crippen LogP contribution in [0, 0.1) is 5.92 Å². The number of nitrogens with zero attached hydrogens (tertiary/aromatic N) is 2. The fourth-order valence-electron chi connectivity index (χ4n) is 1.98. The highest BCUT2D eigenvalue weighted by molar-refractivity contribution is 5.01. The molecule has 0 atom stereocenters. The van der Waals surface area contributed by atoms with E-state index in [0.29, 0.717) is 5.92 Å². The van der Waals surface area contributed by atoms with E-state index in [0.717, 1.165) is 6.04 Å². The fraction of sp³-hybridized carbons (Fsp3) is 0.846. The molecule has 1 aliphatic rings. The number of piperidine rings is 1. The Bertz CT molecular complexity index is 213. The lowest BCUT2D eigenvalue weighted by atomic mass is 10.0. The summed E-state index contributed by atoms with van der Waals surface area (Å²) in [5.41, 5.74) is 1.48. The van der Waals surface area contributed by atoms with Crippen LogP contribution in [0.25, 0.3) is 0 Å². The molecule has 2 heteroatoms. The molecule has 15 heavy (non-hydrogen) atoms. The topological polar surface area (TPSA) is 6.48 Å². The highest BCUT2D eigenvalue weighted by atomic mass is 15.2. The van der Waals surface area contributed by atoms with E-state index < -0.39 is 0 Å². The van der Waals surface area contributed by atoms with Gasteiger partial charge in [-0.05, 0) is 52.0 Å². The maximum Gasteiger partial charge on any atom is 0.0305 e. The van der Waals surface area contributed by atoms with Crippen molar-refractivity contribution in [3.8, 4) is 0 Å². The van der Waals surface area contributed by atoms with Crippen molar-refractivity contribution < 1.29 is 0 Å². The van der Waals surface area contributed by atoms with E-state index in [-0.39, 0.29) is 0 Å². The Morgan fingerprint density at radius 3 is 2.33 bits per heavy atom. The number of hydrogen-bond donors (Lipinski definition) is 0. The molecule has 0 bridgehead atoms. The zero-order valence-corrected chi connectivity index (χ0v) is 11.0. The molecule has 0 aliphatic carbocycles. The molecule has 1 rings (SSSR count). The number of likely N-dealkylation sites (tertiary alicyclic amines) is 1. The molecule has 1 aliphatic heterocycles. The van der Waals surface area contributed by atoms with Gasteiger partial charge < -0.3 is 9.80 Å². The van der Waals surface area contributed by atoms with Gasteiger partial charge in [-0.25, -0.2) is 0 Å². The SMILES string of the molecule is C/C(=C\N(C)C1CCN(C)CC1)C(C)C. The van der Waals surface area contributed by atoms with Gasteiger partial charge >= 0.3 is 0 Å². The lowest BCUT2D eigenvalue weighted by Gasteiger charge is -2.35. The molecule has 1 fully saturated rings. The van der Waals surface area contributed by atoms with Crippen molar-refractivity contribution in [3.63, 3.8) is 0 Å². The first kappa shape index (κ1) is 12.6. The van der Waals surface area contributed by atoms with Crippen LogP contribution in [0.1, 0.15) is 33.6 Å². The third-order valence-corrected chi connectivity index (χ3v) is 3.58. The average Bonchev–Trinajstić information content (AvgIpc) is 2.18. The number of hydrogen-bond acceptors (Lipinski definition) is 2. The molecular formula is C13H26N2. The summed E-state index contributed by atoms with van der Waals surface area (Å²) in [7, 11) is 4.44. The number of rotatable bonds is 3. The predicted molar refractivity (Wildman–Crippen MR) is 66.9 cm³/mol. The van der Waals surface area contributed by atoms with Crippen molar-refractivity contribution in [1.82, 2.24) is 9.80 Å². The fourth-order valence-corrected chi connectivity index (χ4v) is 1.98. The summed E-state index contributed by atoms with van der Waals surface area (Å²) in [5, 5.41) is 0. The van der Waals surface area contributed by atoms with Crippen LogP contribution in [0.2, 0.25) is 0 Å². The predicted octanol–water partition coefficient (Wildman–Crippen LogP) is 2.57. The van der Waals surface area contributed by atoms with Crippen LogP contribution >= 0.6 is 0 Å². The largest absolute Gasteiger partial charge is 0.377 e. The van der Waals surface area contributed by atoms with Crippen LogP contribution in [0.15, 0.2) is 11.8 Å². The molecule has 1 heterocycles. The minimum Gasteiger partial charge on any atom is -0.377 e. The molecule has 0 amide bonds. The summed E-state index contributed by atoms with van der Waals surface area (Å²) in [5.74, 6) is 0.665. The lowest BCUT2D eigenvalue weighted by molar-refractivity contribution is 0.178. The summed E-state index contributed by atoms with van der Waals surface area (Å²) in [4.78, 5) is 4.84. The van der Waals surface area contributed by atoms with E-state index >= 15 is 0 Å². The van der Waals surface area contributed by atoms with Gasteiger partial charge in [-0.1, -0.05) is 19.4 Å². The second-order valence-electron chi connectivity index (χ2n) is 5.23. The normalized spacial score (nSPS) is 21.1. The zero-order valence-electron chi connectivity index (χ0n) is 11.0. The molecular weight excluding hydrogens is 184 g/mol. The van der Waals surface area contributed by atoms with Gasteiger partial charge in [-0.15, -0.1) is 0 Å². The van der Waals surface area contributed by atoms with E-state index in [1.165, 1.54) is 31.5 Å². The van der Waals surface area contributed by atoms with Crippen molar-refractivity contribution in [2.75, 3.05) is 27.2 Å². The van der Waals surface area contributed by atoms with Crippen LogP contribution < -0.4 is 0 Å². The molecule has 0 unspecified atom stereocenters. The Labute approximate surface area is 94.9 Å². The molecule has 0 aromatic rings. The highest BCUT2D eigenvalue weighted by Crippen LogP contribution is 2.17. The molecule has 0 aromatic heterocycles. The summed E-state index contributed by atoms with van der Waals surface area (Å²) in [6, 6.07) is 0.745. The monoisotopic (exact) mass is 210 g/mol. The maximum atomic E-state index is 2.42. The van der Waals surface area contributed by atoms with Gasteiger partial charge in [-0.2, -0.15) is 0 Å². The van der Waals surface area contributed by atoms with Gasteiger partial charge in [0.2, 0.25) is 0 Å².